The fourth-order valence-corrected chi connectivity index (χ4v) is 3.65. The number of carbonyl (C=O) groups is 2. The maximum Gasteiger partial charge on any atom is 0.249 e. The fourth-order valence-electron chi connectivity index (χ4n) is 3.65. The Morgan fingerprint density at radius 1 is 0.744 bits per heavy atom. The van der Waals surface area contributed by atoms with E-state index in [0.29, 0.717) is 23.3 Å². The lowest BCUT2D eigenvalue weighted by Gasteiger charge is -2.19. The molecule has 200 valence electrons. The highest BCUT2D eigenvalue weighted by atomic mass is 19.2. The molecule has 6 nitrogen and oxygen atoms in total. The molecule has 0 spiro atoms. The molecule has 0 fully saturated rings. The Kier molecular flexibility index (Phi) is 9.31. The number of hydrogen-bond acceptors (Lipinski definition) is 4. The Bertz CT molecular complexity index is 1400. The van der Waals surface area contributed by atoms with Crippen LogP contribution in [0.2, 0.25) is 0 Å². The Labute approximate surface area is 223 Å². The summed E-state index contributed by atoms with van der Waals surface area (Å²) in [5.74, 6) is -4.10. The molecule has 0 aliphatic heterocycles. The average molecular weight is 535 g/mol. The number of halogens is 3. The molecule has 4 aromatic carbocycles. The summed E-state index contributed by atoms with van der Waals surface area (Å²) in [7, 11) is 0. The number of hydrogen-bond donors (Lipinski definition) is 2. The summed E-state index contributed by atoms with van der Waals surface area (Å²) in [5.41, 5.74) is 0.539. The van der Waals surface area contributed by atoms with Gasteiger partial charge in [0.25, 0.3) is 0 Å². The number of benzene rings is 4. The predicted molar refractivity (Wildman–Crippen MR) is 140 cm³/mol. The van der Waals surface area contributed by atoms with Gasteiger partial charge in [0.05, 0.1) is 19.6 Å². The minimum Gasteiger partial charge on any atom is -0.457 e. The molecule has 0 saturated heterocycles. The van der Waals surface area contributed by atoms with Crippen LogP contribution in [0.15, 0.2) is 97.1 Å². The van der Waals surface area contributed by atoms with E-state index in [-0.39, 0.29) is 13.2 Å². The summed E-state index contributed by atoms with van der Waals surface area (Å²) in [6.45, 7) is -0.0606. The van der Waals surface area contributed by atoms with E-state index < -0.39 is 47.3 Å². The molecule has 1 unspecified atom stereocenters. The molecule has 0 heterocycles. The topological polar surface area (TPSA) is 76.7 Å². The van der Waals surface area contributed by atoms with Crippen LogP contribution in [0.5, 0.6) is 11.5 Å². The van der Waals surface area contributed by atoms with Crippen LogP contribution < -0.4 is 15.4 Å². The van der Waals surface area contributed by atoms with Crippen molar-refractivity contribution in [3.63, 3.8) is 0 Å². The van der Waals surface area contributed by atoms with Crippen LogP contribution in [-0.4, -0.2) is 24.5 Å². The van der Waals surface area contributed by atoms with Gasteiger partial charge in [-0.05, 0) is 54.1 Å². The number of para-hydroxylation sites is 1. The van der Waals surface area contributed by atoms with Gasteiger partial charge in [-0.3, -0.25) is 9.59 Å². The Hall–Kier alpha value is -4.63. The second-order valence-corrected chi connectivity index (χ2v) is 8.55. The predicted octanol–water partition coefficient (Wildman–Crippen LogP) is 5.78. The normalized spacial score (nSPS) is 11.5. The molecular weight excluding hydrogens is 509 g/mol. The van der Waals surface area contributed by atoms with E-state index in [1.165, 1.54) is 0 Å². The molecule has 0 bridgehead atoms. The van der Waals surface area contributed by atoms with Gasteiger partial charge in [-0.1, -0.05) is 48.5 Å². The summed E-state index contributed by atoms with van der Waals surface area (Å²) in [5, 5.41) is 5.12. The highest BCUT2D eigenvalue weighted by molar-refractivity contribution is 5.97. The number of nitrogens with one attached hydrogen (secondary N) is 2. The van der Waals surface area contributed by atoms with Gasteiger partial charge in [0.1, 0.15) is 23.4 Å². The number of carbonyl (C=O) groups excluding carboxylic acids is 2. The SMILES string of the molecule is O=C(Cc1c(F)ccc(F)c1F)NC(COCc1ccccc1)C(=O)Nc1ccc(Oc2ccccc2)cc1. The number of ether oxygens (including phenoxy) is 2. The molecule has 0 aromatic heterocycles. The second-order valence-electron chi connectivity index (χ2n) is 8.55. The molecule has 39 heavy (non-hydrogen) atoms. The van der Waals surface area contributed by atoms with Gasteiger partial charge < -0.3 is 20.1 Å². The third-order valence-electron chi connectivity index (χ3n) is 5.62. The molecule has 0 radical (unpaired) electrons. The molecule has 4 rings (SSSR count). The zero-order chi connectivity index (χ0) is 27.6. The molecule has 0 saturated carbocycles. The highest BCUT2D eigenvalue weighted by Crippen LogP contribution is 2.23. The van der Waals surface area contributed by atoms with Gasteiger partial charge in [-0.25, -0.2) is 13.2 Å². The zero-order valence-electron chi connectivity index (χ0n) is 20.7. The lowest BCUT2D eigenvalue weighted by atomic mass is 10.1. The third-order valence-corrected chi connectivity index (χ3v) is 5.62. The lowest BCUT2D eigenvalue weighted by molar-refractivity contribution is -0.127. The minimum atomic E-state index is -1.45. The monoisotopic (exact) mass is 534 g/mol. The van der Waals surface area contributed by atoms with E-state index in [0.717, 1.165) is 11.6 Å². The van der Waals surface area contributed by atoms with Crippen LogP contribution in [0.4, 0.5) is 18.9 Å². The van der Waals surface area contributed by atoms with Crippen LogP contribution in [0.1, 0.15) is 11.1 Å². The summed E-state index contributed by atoms with van der Waals surface area (Å²) in [6, 6.07) is 25.1. The van der Waals surface area contributed by atoms with Crippen LogP contribution in [-0.2, 0) is 27.4 Å². The summed E-state index contributed by atoms with van der Waals surface area (Å²) in [6.07, 6.45) is -0.802. The van der Waals surface area contributed by atoms with Crippen LogP contribution >= 0.6 is 0 Å². The first-order valence-electron chi connectivity index (χ1n) is 12.1. The van der Waals surface area contributed by atoms with E-state index in [2.05, 4.69) is 10.6 Å². The molecule has 9 heteroatoms. The first-order chi connectivity index (χ1) is 18.9. The van der Waals surface area contributed by atoms with E-state index in [1.54, 1.807) is 36.4 Å². The Balaban J connectivity index is 1.42. The summed E-state index contributed by atoms with van der Waals surface area (Å²) < 4.78 is 53.0. The van der Waals surface area contributed by atoms with E-state index in [9.17, 15) is 22.8 Å². The smallest absolute Gasteiger partial charge is 0.249 e. The quantitative estimate of drug-likeness (QED) is 0.239. The zero-order valence-corrected chi connectivity index (χ0v) is 20.7. The van der Waals surface area contributed by atoms with Crippen molar-refractivity contribution in [2.75, 3.05) is 11.9 Å². The number of anilines is 1. The molecule has 1 atom stereocenters. The van der Waals surface area contributed by atoms with Crippen molar-refractivity contribution in [3.05, 3.63) is 126 Å². The maximum absolute atomic E-state index is 14.1. The number of amides is 2. The summed E-state index contributed by atoms with van der Waals surface area (Å²) >= 11 is 0. The molecule has 0 aliphatic carbocycles. The van der Waals surface area contributed by atoms with Crippen molar-refractivity contribution >= 4 is 17.5 Å². The molecule has 2 amide bonds. The van der Waals surface area contributed by atoms with E-state index in [1.807, 2.05) is 48.5 Å². The summed E-state index contributed by atoms with van der Waals surface area (Å²) in [4.78, 5) is 25.7. The second kappa shape index (κ2) is 13.3. The van der Waals surface area contributed by atoms with Gasteiger partial charge >= 0.3 is 0 Å². The van der Waals surface area contributed by atoms with Gasteiger partial charge in [0.15, 0.2) is 11.6 Å². The molecule has 0 aliphatic rings. The first-order valence-corrected chi connectivity index (χ1v) is 12.1. The molecular formula is C30H25F3N2O4. The maximum atomic E-state index is 14.1. The van der Waals surface area contributed by atoms with Crippen molar-refractivity contribution in [1.29, 1.82) is 0 Å². The van der Waals surface area contributed by atoms with Crippen LogP contribution in [0, 0.1) is 17.5 Å². The Morgan fingerprint density at radius 2 is 1.36 bits per heavy atom. The van der Waals surface area contributed by atoms with Crippen molar-refractivity contribution < 1.29 is 32.2 Å². The average Bonchev–Trinajstić information content (AvgIpc) is 2.95. The van der Waals surface area contributed by atoms with E-state index >= 15 is 0 Å². The fraction of sp³-hybridized carbons (Fsp3) is 0.133. The van der Waals surface area contributed by atoms with E-state index in [4.69, 9.17) is 9.47 Å². The minimum absolute atomic E-state index is 0.166. The van der Waals surface area contributed by atoms with Crippen molar-refractivity contribution in [2.24, 2.45) is 0 Å². The van der Waals surface area contributed by atoms with Crippen molar-refractivity contribution in [3.8, 4) is 11.5 Å². The van der Waals surface area contributed by atoms with Gasteiger partial charge in [0, 0.05) is 11.3 Å². The Morgan fingerprint density at radius 3 is 2.05 bits per heavy atom. The van der Waals surface area contributed by atoms with Gasteiger partial charge in [-0.2, -0.15) is 0 Å². The third kappa shape index (κ3) is 7.93. The highest BCUT2D eigenvalue weighted by Gasteiger charge is 2.24. The molecule has 2 N–H and O–H groups in total. The van der Waals surface area contributed by atoms with Crippen LogP contribution in [0.3, 0.4) is 0 Å². The van der Waals surface area contributed by atoms with Crippen molar-refractivity contribution in [1.82, 2.24) is 5.32 Å². The lowest BCUT2D eigenvalue weighted by Crippen LogP contribution is -2.47. The van der Waals surface area contributed by atoms with Crippen molar-refractivity contribution in [2.45, 2.75) is 19.1 Å². The molecule has 4 aromatic rings. The number of rotatable bonds is 11. The standard InChI is InChI=1S/C30H25F3N2O4/c31-25-15-16-26(32)29(33)24(25)17-28(36)35-27(19-38-18-20-7-3-1-4-8-20)30(37)34-21-11-13-23(14-12-21)39-22-9-5-2-6-10-22/h1-16,27H,17-19H2,(H,34,37)(H,35,36). The first kappa shape index (κ1) is 27.4. The van der Waals surface area contributed by atoms with Gasteiger partial charge in [-0.15, -0.1) is 0 Å². The van der Waals surface area contributed by atoms with Crippen LogP contribution in [0.25, 0.3) is 0 Å². The largest absolute Gasteiger partial charge is 0.457 e. The van der Waals surface area contributed by atoms with Gasteiger partial charge in [0.2, 0.25) is 11.8 Å².